The normalized spacial score (nSPS) is 25.2. The van der Waals surface area contributed by atoms with E-state index in [0.29, 0.717) is 6.04 Å². The van der Waals surface area contributed by atoms with Crippen LogP contribution in [0.15, 0.2) is 0 Å². The van der Waals surface area contributed by atoms with Crippen LogP contribution in [0.25, 0.3) is 0 Å². The molecule has 0 saturated heterocycles. The molecule has 2 rings (SSSR count). The van der Waals surface area contributed by atoms with E-state index in [-0.39, 0.29) is 0 Å². The lowest BCUT2D eigenvalue weighted by Crippen LogP contribution is -2.41. The Bertz CT molecular complexity index is 149. The van der Waals surface area contributed by atoms with Crippen LogP contribution in [0, 0.1) is 11.8 Å². The van der Waals surface area contributed by atoms with Gasteiger partial charge in [0.15, 0.2) is 0 Å². The molecule has 2 fully saturated rings. The zero-order valence-electron chi connectivity index (χ0n) is 8.63. The summed E-state index contributed by atoms with van der Waals surface area (Å²) in [6.45, 7) is 3.18. The maximum Gasteiger partial charge on any atom is 0.0162 e. The number of nitrogens with two attached hydrogens (primary N) is 1. The Labute approximate surface area is 81.3 Å². The molecule has 2 aliphatic rings. The monoisotopic (exact) mass is 182 g/mol. The average Bonchev–Trinajstić information content (AvgIpc) is 2.98. The Hall–Kier alpha value is -0.0800. The molecule has 0 aromatic carbocycles. The first-order valence-electron chi connectivity index (χ1n) is 5.80. The van der Waals surface area contributed by atoms with Gasteiger partial charge in [-0.2, -0.15) is 0 Å². The van der Waals surface area contributed by atoms with Crippen molar-refractivity contribution < 1.29 is 0 Å². The van der Waals surface area contributed by atoms with E-state index in [1.807, 2.05) is 0 Å². The van der Waals surface area contributed by atoms with Crippen molar-refractivity contribution in [3.8, 4) is 0 Å². The fourth-order valence-electron chi connectivity index (χ4n) is 2.06. The Morgan fingerprint density at radius 2 is 1.77 bits per heavy atom. The highest BCUT2D eigenvalue weighted by molar-refractivity contribution is 4.96. The fraction of sp³-hybridized carbons (Fsp3) is 1.00. The summed E-state index contributed by atoms with van der Waals surface area (Å²) in [5.74, 6) is 1.99. The molecule has 0 radical (unpaired) electrons. The van der Waals surface area contributed by atoms with Crippen molar-refractivity contribution in [1.29, 1.82) is 0 Å². The van der Waals surface area contributed by atoms with Gasteiger partial charge in [-0.3, -0.25) is 0 Å². The van der Waals surface area contributed by atoms with Crippen LogP contribution in [0.1, 0.15) is 39.0 Å². The number of hydrogen-bond acceptors (Lipinski definition) is 2. The third kappa shape index (κ3) is 2.68. The molecule has 2 nitrogen and oxygen atoms in total. The summed E-state index contributed by atoms with van der Waals surface area (Å²) >= 11 is 0. The zero-order valence-corrected chi connectivity index (χ0v) is 8.63. The summed E-state index contributed by atoms with van der Waals surface area (Å²) in [5.41, 5.74) is 5.90. The molecule has 0 bridgehead atoms. The number of hydrogen-bond donors (Lipinski definition) is 2. The topological polar surface area (TPSA) is 38.0 Å². The molecule has 0 spiro atoms. The molecule has 2 aliphatic carbocycles. The molecule has 0 aromatic rings. The van der Waals surface area contributed by atoms with E-state index in [1.165, 1.54) is 25.7 Å². The molecule has 1 atom stereocenters. The van der Waals surface area contributed by atoms with Gasteiger partial charge >= 0.3 is 0 Å². The van der Waals surface area contributed by atoms with E-state index < -0.39 is 0 Å². The molecule has 0 aliphatic heterocycles. The lowest BCUT2D eigenvalue weighted by Gasteiger charge is -2.19. The van der Waals surface area contributed by atoms with Crippen molar-refractivity contribution in [2.75, 3.05) is 6.54 Å². The molecule has 1 unspecified atom stereocenters. The second kappa shape index (κ2) is 3.97. The largest absolute Gasteiger partial charge is 0.327 e. The van der Waals surface area contributed by atoms with Gasteiger partial charge < -0.3 is 11.1 Å². The van der Waals surface area contributed by atoms with Crippen LogP contribution in [0.5, 0.6) is 0 Å². The quantitative estimate of drug-likeness (QED) is 0.653. The molecule has 3 N–H and O–H groups in total. The van der Waals surface area contributed by atoms with E-state index in [9.17, 15) is 0 Å². The molecule has 0 aromatic heterocycles. The van der Waals surface area contributed by atoms with Crippen molar-refractivity contribution >= 4 is 0 Å². The third-order valence-corrected chi connectivity index (χ3v) is 3.40. The van der Waals surface area contributed by atoms with Crippen LogP contribution in [0.4, 0.5) is 0 Å². The predicted molar refractivity (Wildman–Crippen MR) is 55.5 cm³/mol. The van der Waals surface area contributed by atoms with Gasteiger partial charge in [0.2, 0.25) is 0 Å². The zero-order chi connectivity index (χ0) is 9.26. The standard InChI is InChI=1S/C11H22N2/c1-2-10(12)7-13-11(8-3-4-8)9-5-6-9/h8-11,13H,2-7,12H2,1H3. The molecule has 13 heavy (non-hydrogen) atoms. The minimum Gasteiger partial charge on any atom is -0.327 e. The second-order valence-corrected chi connectivity index (χ2v) is 4.78. The van der Waals surface area contributed by atoms with Crippen LogP contribution < -0.4 is 11.1 Å². The van der Waals surface area contributed by atoms with Gasteiger partial charge in [0.1, 0.15) is 0 Å². The fourth-order valence-corrected chi connectivity index (χ4v) is 2.06. The maximum absolute atomic E-state index is 5.90. The number of rotatable bonds is 6. The van der Waals surface area contributed by atoms with Crippen molar-refractivity contribution in [3.05, 3.63) is 0 Å². The first kappa shape index (κ1) is 9.47. The van der Waals surface area contributed by atoms with E-state index in [1.54, 1.807) is 0 Å². The number of nitrogens with one attached hydrogen (secondary N) is 1. The highest BCUT2D eigenvalue weighted by Gasteiger charge is 2.40. The first-order valence-corrected chi connectivity index (χ1v) is 5.80. The third-order valence-electron chi connectivity index (χ3n) is 3.40. The van der Waals surface area contributed by atoms with Crippen molar-refractivity contribution in [1.82, 2.24) is 5.32 Å². The van der Waals surface area contributed by atoms with Crippen molar-refractivity contribution in [3.63, 3.8) is 0 Å². The lowest BCUT2D eigenvalue weighted by atomic mass is 10.1. The second-order valence-electron chi connectivity index (χ2n) is 4.78. The molecule has 0 heterocycles. The average molecular weight is 182 g/mol. The van der Waals surface area contributed by atoms with Gasteiger partial charge in [-0.05, 0) is 43.9 Å². The first-order chi connectivity index (χ1) is 6.31. The van der Waals surface area contributed by atoms with E-state index >= 15 is 0 Å². The van der Waals surface area contributed by atoms with Crippen molar-refractivity contribution in [2.24, 2.45) is 17.6 Å². The minimum atomic E-state index is 0.361. The summed E-state index contributed by atoms with van der Waals surface area (Å²) in [6, 6.07) is 1.18. The van der Waals surface area contributed by atoms with Gasteiger partial charge in [0, 0.05) is 18.6 Å². The Kier molecular flexibility index (Phi) is 2.89. The van der Waals surface area contributed by atoms with Gasteiger partial charge in [-0.1, -0.05) is 6.92 Å². The van der Waals surface area contributed by atoms with Gasteiger partial charge in [0.25, 0.3) is 0 Å². The van der Waals surface area contributed by atoms with Crippen LogP contribution in [-0.2, 0) is 0 Å². The predicted octanol–water partition coefficient (Wildman–Crippen LogP) is 1.50. The van der Waals surface area contributed by atoms with E-state index in [2.05, 4.69) is 12.2 Å². The van der Waals surface area contributed by atoms with E-state index in [0.717, 1.165) is 30.8 Å². The van der Waals surface area contributed by atoms with Crippen LogP contribution >= 0.6 is 0 Å². The van der Waals surface area contributed by atoms with Crippen molar-refractivity contribution in [2.45, 2.75) is 51.1 Å². The summed E-state index contributed by atoms with van der Waals surface area (Å²) in [4.78, 5) is 0. The Morgan fingerprint density at radius 3 is 2.15 bits per heavy atom. The Morgan fingerprint density at radius 1 is 1.23 bits per heavy atom. The van der Waals surface area contributed by atoms with Crippen LogP contribution in [0.3, 0.4) is 0 Å². The molecular weight excluding hydrogens is 160 g/mol. The maximum atomic E-state index is 5.90. The molecule has 0 amide bonds. The molecular formula is C11H22N2. The van der Waals surface area contributed by atoms with Crippen LogP contribution in [0.2, 0.25) is 0 Å². The summed E-state index contributed by atoms with van der Waals surface area (Å²) in [7, 11) is 0. The molecule has 2 heteroatoms. The van der Waals surface area contributed by atoms with Gasteiger partial charge in [-0.25, -0.2) is 0 Å². The Balaban J connectivity index is 1.70. The van der Waals surface area contributed by atoms with Gasteiger partial charge in [0.05, 0.1) is 0 Å². The lowest BCUT2D eigenvalue weighted by molar-refractivity contribution is 0.398. The molecule has 76 valence electrons. The SMILES string of the molecule is CCC(N)CNC(C1CC1)C1CC1. The summed E-state index contributed by atoms with van der Waals surface area (Å²) < 4.78 is 0. The highest BCUT2D eigenvalue weighted by atomic mass is 15.0. The van der Waals surface area contributed by atoms with Crippen LogP contribution in [-0.4, -0.2) is 18.6 Å². The molecule has 2 saturated carbocycles. The van der Waals surface area contributed by atoms with E-state index in [4.69, 9.17) is 5.73 Å². The summed E-state index contributed by atoms with van der Waals surface area (Å²) in [5, 5.41) is 3.67. The van der Waals surface area contributed by atoms with Gasteiger partial charge in [-0.15, -0.1) is 0 Å². The minimum absolute atomic E-state index is 0.361. The smallest absolute Gasteiger partial charge is 0.0162 e. The summed E-state index contributed by atoms with van der Waals surface area (Å²) in [6.07, 6.45) is 6.91. The highest BCUT2D eigenvalue weighted by Crippen LogP contribution is 2.44.